The van der Waals surface area contributed by atoms with E-state index in [1.54, 1.807) is 25.6 Å². The Kier molecular flexibility index (Phi) is 6.71. The fourth-order valence-electron chi connectivity index (χ4n) is 4.90. The van der Waals surface area contributed by atoms with Crippen molar-refractivity contribution >= 4 is 39.7 Å². The predicted octanol–water partition coefficient (Wildman–Crippen LogP) is 5.45. The number of rotatable bonds is 8. The van der Waals surface area contributed by atoms with Gasteiger partial charge < -0.3 is 26.1 Å². The van der Waals surface area contributed by atoms with Gasteiger partial charge in [0.2, 0.25) is 0 Å². The van der Waals surface area contributed by atoms with Gasteiger partial charge in [-0.3, -0.25) is 14.7 Å². The molecular weight excluding hydrogens is 471 g/mol. The molecule has 0 saturated carbocycles. The Bertz CT molecular complexity index is 1470. The maximum absolute atomic E-state index is 14.3. The minimum absolute atomic E-state index is 0.196. The van der Waals surface area contributed by atoms with Crippen molar-refractivity contribution in [3.05, 3.63) is 71.3 Å². The van der Waals surface area contributed by atoms with Gasteiger partial charge in [0, 0.05) is 24.5 Å². The molecule has 0 spiro atoms. The third-order valence-electron chi connectivity index (χ3n) is 7.12. The van der Waals surface area contributed by atoms with Crippen LogP contribution < -0.4 is 21.1 Å². The van der Waals surface area contributed by atoms with Gasteiger partial charge in [-0.05, 0) is 61.2 Å². The number of aromatic amines is 1. The van der Waals surface area contributed by atoms with E-state index in [-0.39, 0.29) is 11.3 Å². The first-order chi connectivity index (χ1) is 17.9. The quantitative estimate of drug-likeness (QED) is 0.255. The molecular formula is C28H31FN6O2. The fourth-order valence-corrected chi connectivity index (χ4v) is 4.90. The summed E-state index contributed by atoms with van der Waals surface area (Å²) < 4.78 is 20.0. The van der Waals surface area contributed by atoms with E-state index in [9.17, 15) is 9.18 Å². The fraction of sp³-hybridized carbons (Fsp3) is 0.286. The Morgan fingerprint density at radius 2 is 2.03 bits per heavy atom. The molecule has 2 aromatic heterocycles. The van der Waals surface area contributed by atoms with Crippen LogP contribution in [0.2, 0.25) is 0 Å². The molecule has 5 rings (SSSR count). The Hall–Kier alpha value is -4.11. The number of carbonyl (C=O) groups excluding carboxylic acids is 1. The first-order valence-corrected chi connectivity index (χ1v) is 12.4. The number of nitrogens with two attached hydrogens (primary N) is 1. The molecule has 0 saturated heterocycles. The molecule has 192 valence electrons. The SMILES string of the molecule is CCC(C)N1CCc2cc(OC)c(Nc3cc4c(Nc5cccc(F)c5C(N)=O)cncc4[nH]3)cc2C1. The van der Waals surface area contributed by atoms with Crippen LogP contribution in [-0.2, 0) is 13.0 Å². The lowest BCUT2D eigenvalue weighted by Gasteiger charge is -2.33. The van der Waals surface area contributed by atoms with E-state index < -0.39 is 11.7 Å². The second-order valence-electron chi connectivity index (χ2n) is 9.41. The van der Waals surface area contributed by atoms with Crippen LogP contribution in [0.4, 0.5) is 27.3 Å². The molecule has 4 aromatic rings. The van der Waals surface area contributed by atoms with E-state index in [0.29, 0.717) is 11.7 Å². The third-order valence-corrected chi connectivity index (χ3v) is 7.12. The van der Waals surface area contributed by atoms with Crippen molar-refractivity contribution in [1.29, 1.82) is 0 Å². The van der Waals surface area contributed by atoms with Crippen molar-refractivity contribution in [2.45, 2.75) is 39.3 Å². The summed E-state index contributed by atoms with van der Waals surface area (Å²) in [7, 11) is 1.67. The second-order valence-corrected chi connectivity index (χ2v) is 9.41. The van der Waals surface area contributed by atoms with E-state index in [0.717, 1.165) is 54.1 Å². The van der Waals surface area contributed by atoms with Gasteiger partial charge in [-0.15, -0.1) is 0 Å². The number of anilines is 4. The van der Waals surface area contributed by atoms with E-state index in [2.05, 4.69) is 51.5 Å². The summed E-state index contributed by atoms with van der Waals surface area (Å²) in [4.78, 5) is 22.0. The molecule has 5 N–H and O–H groups in total. The van der Waals surface area contributed by atoms with Gasteiger partial charge in [0.25, 0.3) is 5.91 Å². The number of fused-ring (bicyclic) bond motifs is 2. The van der Waals surface area contributed by atoms with Crippen molar-refractivity contribution in [2.24, 2.45) is 5.73 Å². The molecule has 0 radical (unpaired) electrons. The van der Waals surface area contributed by atoms with E-state index >= 15 is 0 Å². The Labute approximate surface area is 215 Å². The summed E-state index contributed by atoms with van der Waals surface area (Å²) in [6, 6.07) is 11.1. The van der Waals surface area contributed by atoms with Crippen LogP contribution in [0, 0.1) is 5.82 Å². The third kappa shape index (κ3) is 4.82. The van der Waals surface area contributed by atoms with Crippen LogP contribution in [0.1, 0.15) is 41.8 Å². The van der Waals surface area contributed by atoms with Crippen molar-refractivity contribution in [1.82, 2.24) is 14.9 Å². The van der Waals surface area contributed by atoms with E-state index in [1.165, 1.54) is 23.3 Å². The van der Waals surface area contributed by atoms with Crippen LogP contribution in [-0.4, -0.2) is 40.5 Å². The summed E-state index contributed by atoms with van der Waals surface area (Å²) in [5, 5.41) is 7.40. The van der Waals surface area contributed by atoms with Gasteiger partial charge in [0.05, 0.1) is 47.6 Å². The van der Waals surface area contributed by atoms with Gasteiger partial charge in [-0.1, -0.05) is 13.0 Å². The molecule has 0 aliphatic carbocycles. The minimum atomic E-state index is -0.844. The number of pyridine rings is 1. The van der Waals surface area contributed by atoms with Crippen molar-refractivity contribution in [3.8, 4) is 5.75 Å². The predicted molar refractivity (Wildman–Crippen MR) is 144 cm³/mol. The number of nitrogens with one attached hydrogen (secondary N) is 3. The van der Waals surface area contributed by atoms with Crippen LogP contribution in [0.5, 0.6) is 5.75 Å². The molecule has 1 aliphatic heterocycles. The van der Waals surface area contributed by atoms with Crippen LogP contribution in [0.25, 0.3) is 10.9 Å². The number of primary amides is 1. The molecule has 37 heavy (non-hydrogen) atoms. The number of halogens is 1. The van der Waals surface area contributed by atoms with Crippen LogP contribution in [0.3, 0.4) is 0 Å². The highest BCUT2D eigenvalue weighted by atomic mass is 19.1. The lowest BCUT2D eigenvalue weighted by molar-refractivity contribution is 0.0997. The van der Waals surface area contributed by atoms with Gasteiger partial charge >= 0.3 is 0 Å². The first kappa shape index (κ1) is 24.6. The summed E-state index contributed by atoms with van der Waals surface area (Å²) in [5.74, 6) is -0.00555. The van der Waals surface area contributed by atoms with Gasteiger partial charge in [-0.25, -0.2) is 4.39 Å². The molecule has 2 aromatic carbocycles. The van der Waals surface area contributed by atoms with Gasteiger partial charge in [0.1, 0.15) is 17.4 Å². The van der Waals surface area contributed by atoms with Crippen molar-refractivity contribution in [3.63, 3.8) is 0 Å². The van der Waals surface area contributed by atoms with E-state index in [4.69, 9.17) is 10.5 Å². The normalized spacial score (nSPS) is 14.3. The number of hydrogen-bond donors (Lipinski definition) is 4. The summed E-state index contributed by atoms with van der Waals surface area (Å²) in [5.41, 5.74) is 10.3. The Morgan fingerprint density at radius 3 is 2.78 bits per heavy atom. The van der Waals surface area contributed by atoms with Crippen molar-refractivity contribution in [2.75, 3.05) is 24.3 Å². The average molecular weight is 503 g/mol. The maximum Gasteiger partial charge on any atom is 0.253 e. The zero-order valence-corrected chi connectivity index (χ0v) is 21.2. The second kappa shape index (κ2) is 10.1. The number of benzene rings is 2. The molecule has 9 heteroatoms. The Morgan fingerprint density at radius 1 is 1.19 bits per heavy atom. The number of H-pyrrole nitrogens is 1. The maximum atomic E-state index is 14.3. The molecule has 1 amide bonds. The first-order valence-electron chi connectivity index (χ1n) is 12.4. The van der Waals surface area contributed by atoms with Gasteiger partial charge in [-0.2, -0.15) is 0 Å². The van der Waals surface area contributed by atoms with Crippen molar-refractivity contribution < 1.29 is 13.9 Å². The number of nitrogens with zero attached hydrogens (tertiary/aromatic N) is 2. The highest BCUT2D eigenvalue weighted by Crippen LogP contribution is 2.36. The highest BCUT2D eigenvalue weighted by molar-refractivity contribution is 6.02. The van der Waals surface area contributed by atoms with E-state index in [1.807, 2.05) is 6.07 Å². The summed E-state index contributed by atoms with van der Waals surface area (Å²) >= 11 is 0. The summed E-state index contributed by atoms with van der Waals surface area (Å²) in [6.07, 6.45) is 5.45. The summed E-state index contributed by atoms with van der Waals surface area (Å²) in [6.45, 7) is 6.45. The van der Waals surface area contributed by atoms with Crippen LogP contribution in [0.15, 0.2) is 48.8 Å². The lowest BCUT2D eigenvalue weighted by Crippen LogP contribution is -2.37. The molecule has 1 aliphatic rings. The molecule has 8 nitrogen and oxygen atoms in total. The zero-order valence-electron chi connectivity index (χ0n) is 21.2. The number of methoxy groups -OCH3 is 1. The smallest absolute Gasteiger partial charge is 0.253 e. The standard InChI is InChI=1S/C28H31FN6O2/c1-4-16(2)35-9-8-17-11-25(37-3)22(10-18(17)15-35)33-26-12-19-23(13-31-14-24(19)34-26)32-21-7-5-6-20(29)27(21)28(30)36/h5-7,10-14,16,32-34H,4,8-9,15H2,1-3H3,(H2,30,36). The lowest BCUT2D eigenvalue weighted by atomic mass is 9.97. The molecule has 0 bridgehead atoms. The number of ether oxygens (including phenoxy) is 1. The molecule has 0 fully saturated rings. The topological polar surface area (TPSA) is 108 Å². The Balaban J connectivity index is 1.46. The minimum Gasteiger partial charge on any atom is -0.495 e. The number of hydrogen-bond acceptors (Lipinski definition) is 6. The van der Waals surface area contributed by atoms with Gasteiger partial charge in [0.15, 0.2) is 0 Å². The average Bonchev–Trinajstić information content (AvgIpc) is 3.30. The number of aromatic nitrogens is 2. The number of carbonyl (C=O) groups is 1. The zero-order chi connectivity index (χ0) is 26.1. The molecule has 3 heterocycles. The molecule has 1 unspecified atom stereocenters. The molecule has 1 atom stereocenters. The largest absolute Gasteiger partial charge is 0.495 e. The highest BCUT2D eigenvalue weighted by Gasteiger charge is 2.22. The number of amides is 1. The monoisotopic (exact) mass is 502 g/mol. The van der Waals surface area contributed by atoms with Crippen LogP contribution >= 0.6 is 0 Å².